The summed E-state index contributed by atoms with van der Waals surface area (Å²) in [5.41, 5.74) is 3.79. The molecule has 0 saturated heterocycles. The van der Waals surface area contributed by atoms with E-state index >= 15 is 0 Å². The number of nitrogens with zero attached hydrogens (tertiary/aromatic N) is 2. The normalized spacial score (nSPS) is 11.2. The highest BCUT2D eigenvalue weighted by Gasteiger charge is 2.13. The highest BCUT2D eigenvalue weighted by Crippen LogP contribution is 2.27. The van der Waals surface area contributed by atoms with Crippen LogP contribution < -0.4 is 15.0 Å². The number of fused-ring (bicyclic) bond motifs is 1. The number of para-hydroxylation sites is 1. The molecule has 3 aromatic carbocycles. The van der Waals surface area contributed by atoms with Gasteiger partial charge in [-0.15, -0.1) is 0 Å². The minimum atomic E-state index is -0.0809. The molecule has 0 spiro atoms. The smallest absolute Gasteiger partial charge is 0.261 e. The van der Waals surface area contributed by atoms with Gasteiger partial charge < -0.3 is 14.2 Å². The van der Waals surface area contributed by atoms with Crippen molar-refractivity contribution in [3.63, 3.8) is 0 Å². The zero-order chi connectivity index (χ0) is 24.8. The van der Waals surface area contributed by atoms with Gasteiger partial charge >= 0.3 is 0 Å². The lowest BCUT2D eigenvalue weighted by Gasteiger charge is -2.16. The molecule has 6 heteroatoms. The van der Waals surface area contributed by atoms with Gasteiger partial charge in [0.1, 0.15) is 23.9 Å². The van der Waals surface area contributed by atoms with Crippen LogP contribution in [0.25, 0.3) is 22.3 Å². The van der Waals surface area contributed by atoms with Crippen LogP contribution in [0.1, 0.15) is 30.9 Å². The Balaban J connectivity index is 1.46. The van der Waals surface area contributed by atoms with E-state index in [4.69, 9.17) is 19.2 Å². The molecular weight excluding hydrogens is 440 g/mol. The van der Waals surface area contributed by atoms with E-state index in [0.29, 0.717) is 49.0 Å². The Morgan fingerprint density at radius 2 is 1.71 bits per heavy atom. The lowest BCUT2D eigenvalue weighted by molar-refractivity contribution is 0.0936. The first-order chi connectivity index (χ1) is 17.0. The summed E-state index contributed by atoms with van der Waals surface area (Å²) in [4.78, 5) is 18.1. The minimum Gasteiger partial charge on any atom is -0.497 e. The number of aromatic nitrogens is 2. The summed E-state index contributed by atoms with van der Waals surface area (Å²) in [5.74, 6) is 2.65. The molecule has 6 nitrogen and oxygen atoms in total. The number of hydrogen-bond acceptors (Lipinski definition) is 5. The average Bonchev–Trinajstić information content (AvgIpc) is 2.87. The number of methoxy groups -OCH3 is 1. The monoisotopic (exact) mass is 472 g/mol. The molecule has 0 bridgehead atoms. The second kappa shape index (κ2) is 11.2. The van der Waals surface area contributed by atoms with Crippen LogP contribution in [0.3, 0.4) is 0 Å². The zero-order valence-electron chi connectivity index (χ0n) is 20.8. The molecule has 0 amide bonds. The molecule has 1 aromatic heterocycles. The van der Waals surface area contributed by atoms with E-state index in [1.165, 1.54) is 11.1 Å². The molecule has 35 heavy (non-hydrogen) atoms. The lowest BCUT2D eigenvalue weighted by Crippen LogP contribution is -2.26. The molecule has 0 saturated carbocycles. The molecule has 0 radical (unpaired) electrons. The third-order valence-electron chi connectivity index (χ3n) is 5.95. The molecule has 0 N–H and O–H groups in total. The fourth-order valence-electron chi connectivity index (χ4n) is 4.05. The Hall–Kier alpha value is -3.64. The molecule has 0 aliphatic rings. The van der Waals surface area contributed by atoms with Gasteiger partial charge in [0.25, 0.3) is 5.56 Å². The van der Waals surface area contributed by atoms with Crippen molar-refractivity contribution in [3.05, 3.63) is 88.2 Å². The largest absolute Gasteiger partial charge is 0.497 e. The number of aryl methyl sites for hydroxylation is 1. The van der Waals surface area contributed by atoms with Gasteiger partial charge in [0.05, 0.1) is 37.8 Å². The standard InChI is InChI=1S/C29H32N2O4/c1-20(2)24-14-9-21(3)19-27(24)35-18-17-34-16-15-31-28(22-10-12-23(33-4)13-11-22)30-26-8-6-5-7-25(26)29(31)32/h5-14,19-20H,15-18H2,1-4H3. The van der Waals surface area contributed by atoms with Crippen molar-refractivity contribution in [3.8, 4) is 22.9 Å². The van der Waals surface area contributed by atoms with Crippen molar-refractivity contribution in [2.45, 2.75) is 33.2 Å². The third-order valence-corrected chi connectivity index (χ3v) is 5.95. The van der Waals surface area contributed by atoms with E-state index in [0.717, 1.165) is 17.1 Å². The number of benzene rings is 3. The SMILES string of the molecule is COc1ccc(-c2nc3ccccc3c(=O)n2CCOCCOc2cc(C)ccc2C(C)C)cc1. The fourth-order valence-corrected chi connectivity index (χ4v) is 4.05. The van der Waals surface area contributed by atoms with Crippen molar-refractivity contribution in [1.29, 1.82) is 0 Å². The highest BCUT2D eigenvalue weighted by molar-refractivity contribution is 5.79. The molecule has 0 unspecified atom stereocenters. The number of ether oxygens (including phenoxy) is 3. The molecular formula is C29H32N2O4. The maximum atomic E-state index is 13.3. The predicted molar refractivity (Wildman–Crippen MR) is 140 cm³/mol. The summed E-state index contributed by atoms with van der Waals surface area (Å²) in [6, 6.07) is 21.3. The van der Waals surface area contributed by atoms with Gasteiger partial charge in [0.2, 0.25) is 0 Å². The Kier molecular flexibility index (Phi) is 7.83. The third kappa shape index (κ3) is 5.72. The fraction of sp³-hybridized carbons (Fsp3) is 0.310. The van der Waals surface area contributed by atoms with E-state index in [1.807, 2.05) is 48.5 Å². The van der Waals surface area contributed by atoms with Crippen molar-refractivity contribution in [2.24, 2.45) is 0 Å². The van der Waals surface area contributed by atoms with Gasteiger partial charge in [-0.05, 0) is 66.4 Å². The van der Waals surface area contributed by atoms with Crippen LogP contribution >= 0.6 is 0 Å². The summed E-state index contributed by atoms with van der Waals surface area (Å²) in [5, 5.41) is 0.591. The molecule has 0 atom stereocenters. The van der Waals surface area contributed by atoms with Crippen molar-refractivity contribution in [1.82, 2.24) is 9.55 Å². The summed E-state index contributed by atoms with van der Waals surface area (Å²) in [6.07, 6.45) is 0. The van der Waals surface area contributed by atoms with Crippen LogP contribution in [0.15, 0.2) is 71.5 Å². The van der Waals surface area contributed by atoms with Crippen LogP contribution in [0.5, 0.6) is 11.5 Å². The minimum absolute atomic E-state index is 0.0809. The Labute approximate surface area is 206 Å². The maximum absolute atomic E-state index is 13.3. The molecule has 182 valence electrons. The summed E-state index contributed by atoms with van der Waals surface area (Å²) in [6.45, 7) is 8.01. The first-order valence-electron chi connectivity index (χ1n) is 11.9. The molecule has 4 rings (SSSR count). The molecule has 0 fully saturated rings. The van der Waals surface area contributed by atoms with Gasteiger partial charge in [-0.25, -0.2) is 4.98 Å². The number of rotatable bonds is 10. The average molecular weight is 473 g/mol. The Morgan fingerprint density at radius 3 is 2.46 bits per heavy atom. The zero-order valence-corrected chi connectivity index (χ0v) is 20.8. The molecule has 1 heterocycles. The second-order valence-corrected chi connectivity index (χ2v) is 8.79. The second-order valence-electron chi connectivity index (χ2n) is 8.79. The van der Waals surface area contributed by atoms with Crippen LogP contribution in [0.2, 0.25) is 0 Å². The summed E-state index contributed by atoms with van der Waals surface area (Å²) >= 11 is 0. The molecule has 0 aliphatic carbocycles. The van der Waals surface area contributed by atoms with Crippen LogP contribution in [0, 0.1) is 6.92 Å². The predicted octanol–water partition coefficient (Wildman–Crippen LogP) is 5.60. The van der Waals surface area contributed by atoms with E-state index in [-0.39, 0.29) is 5.56 Å². The van der Waals surface area contributed by atoms with Crippen LogP contribution in [-0.2, 0) is 11.3 Å². The van der Waals surface area contributed by atoms with Crippen LogP contribution in [-0.4, -0.2) is 36.5 Å². The summed E-state index contributed by atoms with van der Waals surface area (Å²) < 4.78 is 18.8. The quantitative estimate of drug-likeness (QED) is 0.281. The summed E-state index contributed by atoms with van der Waals surface area (Å²) in [7, 11) is 1.63. The Bertz CT molecular complexity index is 1340. The van der Waals surface area contributed by atoms with E-state index in [1.54, 1.807) is 11.7 Å². The van der Waals surface area contributed by atoms with Gasteiger partial charge in [-0.2, -0.15) is 0 Å². The maximum Gasteiger partial charge on any atom is 0.261 e. The molecule has 0 aliphatic heterocycles. The Morgan fingerprint density at radius 1 is 0.943 bits per heavy atom. The van der Waals surface area contributed by atoms with E-state index < -0.39 is 0 Å². The lowest BCUT2D eigenvalue weighted by atomic mass is 10.0. The van der Waals surface area contributed by atoms with E-state index in [2.05, 4.69) is 39.0 Å². The first-order valence-corrected chi connectivity index (χ1v) is 11.9. The van der Waals surface area contributed by atoms with Crippen molar-refractivity contribution in [2.75, 3.05) is 26.9 Å². The van der Waals surface area contributed by atoms with E-state index in [9.17, 15) is 4.79 Å². The molecule has 4 aromatic rings. The van der Waals surface area contributed by atoms with Gasteiger partial charge in [-0.1, -0.05) is 38.1 Å². The van der Waals surface area contributed by atoms with Gasteiger partial charge in [0, 0.05) is 5.56 Å². The van der Waals surface area contributed by atoms with Crippen molar-refractivity contribution < 1.29 is 14.2 Å². The van der Waals surface area contributed by atoms with Crippen molar-refractivity contribution >= 4 is 10.9 Å². The topological polar surface area (TPSA) is 62.6 Å². The highest BCUT2D eigenvalue weighted by atomic mass is 16.5. The van der Waals surface area contributed by atoms with Crippen LogP contribution in [0.4, 0.5) is 0 Å². The van der Waals surface area contributed by atoms with Gasteiger partial charge in [0.15, 0.2) is 0 Å². The number of hydrogen-bond donors (Lipinski definition) is 0. The first kappa shape index (κ1) is 24.5. The van der Waals surface area contributed by atoms with Gasteiger partial charge in [-0.3, -0.25) is 9.36 Å².